The van der Waals surface area contributed by atoms with Crippen molar-refractivity contribution < 1.29 is 9.32 Å². The van der Waals surface area contributed by atoms with Crippen LogP contribution in [0.15, 0.2) is 4.52 Å². The average Bonchev–Trinajstić information content (AvgIpc) is 2.96. The summed E-state index contributed by atoms with van der Waals surface area (Å²) in [7, 11) is 0. The number of carbonyl (C=O) groups is 1. The zero-order valence-electron chi connectivity index (χ0n) is 14.8. The first-order valence-corrected chi connectivity index (χ1v) is 8.84. The molecule has 0 bridgehead atoms. The molecule has 1 aliphatic heterocycles. The van der Waals surface area contributed by atoms with E-state index in [9.17, 15) is 4.79 Å². The number of amides is 1. The molecule has 2 unspecified atom stereocenters. The van der Waals surface area contributed by atoms with E-state index in [-0.39, 0.29) is 23.8 Å². The zero-order valence-corrected chi connectivity index (χ0v) is 14.8. The second-order valence-corrected chi connectivity index (χ2v) is 6.97. The molecule has 1 aromatic rings. The second-order valence-electron chi connectivity index (χ2n) is 6.97. The minimum absolute atomic E-state index is 0.0653. The maximum absolute atomic E-state index is 12.4. The van der Waals surface area contributed by atoms with E-state index >= 15 is 0 Å². The molecule has 1 amide bonds. The number of rotatable bonds is 7. The van der Waals surface area contributed by atoms with Gasteiger partial charge in [-0.25, -0.2) is 0 Å². The molecule has 0 radical (unpaired) electrons. The topological polar surface area (TPSA) is 71.3 Å². The standard InChI is InChI=1S/C17H30N4O2/c1-5-7-13(4)18-17(22)14-8-6-9-21(10-14)11-15-19-16(12(2)3)20-23-15/h12-14H,5-11H2,1-4H3,(H,18,22). The Morgan fingerprint density at radius 2 is 2.22 bits per heavy atom. The Balaban J connectivity index is 1.86. The van der Waals surface area contributed by atoms with Crippen LogP contribution in [-0.4, -0.2) is 40.1 Å². The Labute approximate surface area is 139 Å². The Bertz CT molecular complexity index is 501. The minimum Gasteiger partial charge on any atom is -0.353 e. The highest BCUT2D eigenvalue weighted by Gasteiger charge is 2.27. The van der Waals surface area contributed by atoms with Gasteiger partial charge in [-0.05, 0) is 32.7 Å². The van der Waals surface area contributed by atoms with Crippen LogP contribution >= 0.6 is 0 Å². The van der Waals surface area contributed by atoms with Gasteiger partial charge >= 0.3 is 0 Å². The third-order valence-electron chi connectivity index (χ3n) is 4.35. The number of aromatic nitrogens is 2. The van der Waals surface area contributed by atoms with Gasteiger partial charge in [0.2, 0.25) is 11.8 Å². The van der Waals surface area contributed by atoms with Gasteiger partial charge in [-0.2, -0.15) is 4.98 Å². The molecule has 6 nitrogen and oxygen atoms in total. The van der Waals surface area contributed by atoms with E-state index in [1.165, 1.54) is 0 Å². The summed E-state index contributed by atoms with van der Waals surface area (Å²) in [5.74, 6) is 1.92. The van der Waals surface area contributed by atoms with Gasteiger partial charge in [0, 0.05) is 18.5 Å². The van der Waals surface area contributed by atoms with E-state index in [1.807, 2.05) is 13.8 Å². The molecule has 1 aliphatic rings. The van der Waals surface area contributed by atoms with Crippen LogP contribution in [0.3, 0.4) is 0 Å². The molecule has 0 aromatic carbocycles. The monoisotopic (exact) mass is 322 g/mol. The lowest BCUT2D eigenvalue weighted by atomic mass is 9.96. The fourth-order valence-corrected chi connectivity index (χ4v) is 3.04. The number of hydrogen-bond donors (Lipinski definition) is 1. The summed E-state index contributed by atoms with van der Waals surface area (Å²) in [4.78, 5) is 19.1. The van der Waals surface area contributed by atoms with Gasteiger partial charge in [-0.15, -0.1) is 0 Å². The molecule has 2 atom stereocenters. The number of carbonyl (C=O) groups excluding carboxylic acids is 1. The van der Waals surface area contributed by atoms with Crippen molar-refractivity contribution in [2.24, 2.45) is 5.92 Å². The van der Waals surface area contributed by atoms with E-state index in [0.717, 1.165) is 44.6 Å². The fourth-order valence-electron chi connectivity index (χ4n) is 3.04. The van der Waals surface area contributed by atoms with Crippen molar-refractivity contribution in [1.29, 1.82) is 0 Å². The summed E-state index contributed by atoms with van der Waals surface area (Å²) in [6, 6.07) is 0.257. The molecule has 6 heteroatoms. The Morgan fingerprint density at radius 3 is 2.87 bits per heavy atom. The molecule has 0 spiro atoms. The number of nitrogens with one attached hydrogen (secondary N) is 1. The number of piperidine rings is 1. The van der Waals surface area contributed by atoms with Gasteiger partial charge in [-0.1, -0.05) is 32.3 Å². The van der Waals surface area contributed by atoms with Gasteiger partial charge in [-0.3, -0.25) is 9.69 Å². The lowest BCUT2D eigenvalue weighted by Gasteiger charge is -2.31. The molecular weight excluding hydrogens is 292 g/mol. The number of nitrogens with zero attached hydrogens (tertiary/aromatic N) is 3. The van der Waals surface area contributed by atoms with Crippen LogP contribution in [0.5, 0.6) is 0 Å². The van der Waals surface area contributed by atoms with E-state index in [2.05, 4.69) is 34.2 Å². The molecule has 1 N–H and O–H groups in total. The summed E-state index contributed by atoms with van der Waals surface area (Å²) in [6.07, 6.45) is 4.11. The lowest BCUT2D eigenvalue weighted by Crippen LogP contribution is -2.45. The molecular formula is C17H30N4O2. The number of hydrogen-bond acceptors (Lipinski definition) is 5. The molecule has 130 valence electrons. The van der Waals surface area contributed by atoms with Gasteiger partial charge in [0.05, 0.1) is 12.5 Å². The maximum atomic E-state index is 12.4. The highest BCUT2D eigenvalue weighted by atomic mass is 16.5. The largest absolute Gasteiger partial charge is 0.353 e. The SMILES string of the molecule is CCCC(C)NC(=O)C1CCCN(Cc2nc(C(C)C)no2)C1. The number of likely N-dealkylation sites (tertiary alicyclic amines) is 1. The normalized spacial score (nSPS) is 20.7. The molecule has 2 heterocycles. The quantitative estimate of drug-likeness (QED) is 0.835. The summed E-state index contributed by atoms with van der Waals surface area (Å²) in [6.45, 7) is 10.7. The van der Waals surface area contributed by atoms with Crippen LogP contribution in [-0.2, 0) is 11.3 Å². The van der Waals surface area contributed by atoms with Crippen molar-refractivity contribution in [2.75, 3.05) is 13.1 Å². The summed E-state index contributed by atoms with van der Waals surface area (Å²) in [5, 5.41) is 7.14. The van der Waals surface area contributed by atoms with Gasteiger partial charge in [0.15, 0.2) is 5.82 Å². The smallest absolute Gasteiger partial charge is 0.240 e. The van der Waals surface area contributed by atoms with E-state index in [4.69, 9.17) is 4.52 Å². The Morgan fingerprint density at radius 1 is 1.43 bits per heavy atom. The Kier molecular flexibility index (Phi) is 6.57. The van der Waals surface area contributed by atoms with Crippen molar-refractivity contribution in [3.05, 3.63) is 11.7 Å². The predicted molar refractivity (Wildman–Crippen MR) is 88.9 cm³/mol. The van der Waals surface area contributed by atoms with Crippen molar-refractivity contribution in [2.45, 2.75) is 71.9 Å². The molecule has 23 heavy (non-hydrogen) atoms. The van der Waals surface area contributed by atoms with Gasteiger partial charge in [0.1, 0.15) is 0 Å². The summed E-state index contributed by atoms with van der Waals surface area (Å²) < 4.78 is 5.32. The van der Waals surface area contributed by atoms with Crippen molar-refractivity contribution in [1.82, 2.24) is 20.4 Å². The van der Waals surface area contributed by atoms with Crippen LogP contribution in [0, 0.1) is 5.92 Å². The van der Waals surface area contributed by atoms with Crippen molar-refractivity contribution in [3.8, 4) is 0 Å². The average molecular weight is 322 g/mol. The first-order chi connectivity index (χ1) is 11.0. The second kappa shape index (κ2) is 8.43. The third-order valence-corrected chi connectivity index (χ3v) is 4.35. The van der Waals surface area contributed by atoms with Crippen molar-refractivity contribution in [3.63, 3.8) is 0 Å². The van der Waals surface area contributed by atoms with E-state index in [1.54, 1.807) is 0 Å². The van der Waals surface area contributed by atoms with Crippen molar-refractivity contribution >= 4 is 5.91 Å². The first kappa shape index (κ1) is 17.9. The summed E-state index contributed by atoms with van der Waals surface area (Å²) >= 11 is 0. The Hall–Kier alpha value is -1.43. The third kappa shape index (κ3) is 5.30. The zero-order chi connectivity index (χ0) is 16.8. The first-order valence-electron chi connectivity index (χ1n) is 8.84. The molecule has 1 fully saturated rings. The minimum atomic E-state index is 0.0653. The molecule has 2 rings (SSSR count). The fraction of sp³-hybridized carbons (Fsp3) is 0.824. The van der Waals surface area contributed by atoms with E-state index < -0.39 is 0 Å². The lowest BCUT2D eigenvalue weighted by molar-refractivity contribution is -0.127. The predicted octanol–water partition coefficient (Wildman–Crippen LogP) is 2.71. The summed E-state index contributed by atoms with van der Waals surface area (Å²) in [5.41, 5.74) is 0. The molecule has 0 aliphatic carbocycles. The molecule has 1 saturated heterocycles. The van der Waals surface area contributed by atoms with Crippen LogP contribution in [0.1, 0.15) is 71.0 Å². The van der Waals surface area contributed by atoms with Gasteiger partial charge in [0.25, 0.3) is 0 Å². The molecule has 1 aromatic heterocycles. The van der Waals surface area contributed by atoms with Gasteiger partial charge < -0.3 is 9.84 Å². The van der Waals surface area contributed by atoms with E-state index in [0.29, 0.717) is 12.4 Å². The maximum Gasteiger partial charge on any atom is 0.240 e. The highest BCUT2D eigenvalue weighted by Crippen LogP contribution is 2.19. The molecule has 0 saturated carbocycles. The van der Waals surface area contributed by atoms with Crippen LogP contribution in [0.25, 0.3) is 0 Å². The highest BCUT2D eigenvalue weighted by molar-refractivity contribution is 5.79. The van der Waals surface area contributed by atoms with Crippen LogP contribution in [0.2, 0.25) is 0 Å². The van der Waals surface area contributed by atoms with Crippen LogP contribution in [0.4, 0.5) is 0 Å². The van der Waals surface area contributed by atoms with Crippen LogP contribution < -0.4 is 5.32 Å².